The summed E-state index contributed by atoms with van der Waals surface area (Å²) in [4.78, 5) is 1.39. The van der Waals surface area contributed by atoms with Crippen LogP contribution in [0, 0.1) is 6.92 Å². The zero-order chi connectivity index (χ0) is 12.1. The lowest BCUT2D eigenvalue weighted by Gasteiger charge is -2.09. The van der Waals surface area contributed by atoms with Crippen molar-refractivity contribution in [2.45, 2.75) is 19.6 Å². The maximum Gasteiger partial charge on any atom is 0.128 e. The molecule has 1 aromatic carbocycles. The summed E-state index contributed by atoms with van der Waals surface area (Å²) in [5.41, 5.74) is 2.34. The molecule has 0 radical (unpaired) electrons. The van der Waals surface area contributed by atoms with Crippen molar-refractivity contribution < 1.29 is 10.4 Å². The predicted molar refractivity (Wildman–Crippen MR) is 71.0 cm³/mol. The average molecular weight is 248 g/mol. The molecule has 0 unspecified atom stereocenters. The summed E-state index contributed by atoms with van der Waals surface area (Å²) in [5, 5.41) is 14.3. The monoisotopic (exact) mass is 248 g/mol. The molecule has 0 spiro atoms. The molecule has 0 saturated heterocycles. The van der Waals surface area contributed by atoms with Gasteiger partial charge in [-0.2, -0.15) is 0 Å². The molecule has 2 aromatic rings. The lowest BCUT2D eigenvalue weighted by molar-refractivity contribution is -0.677. The highest BCUT2D eigenvalue weighted by Crippen LogP contribution is 2.14. The van der Waals surface area contributed by atoms with Crippen molar-refractivity contribution in [1.29, 1.82) is 0 Å². The number of aryl methyl sites for hydroxylation is 1. The third-order valence-corrected chi connectivity index (χ3v) is 3.92. The minimum absolute atomic E-state index is 0.378. The Morgan fingerprint density at radius 3 is 2.65 bits per heavy atom. The highest BCUT2D eigenvalue weighted by Gasteiger charge is 2.09. The predicted octanol–water partition coefficient (Wildman–Crippen LogP) is 1.85. The highest BCUT2D eigenvalue weighted by atomic mass is 32.1. The van der Waals surface area contributed by atoms with Gasteiger partial charge in [0.1, 0.15) is 19.2 Å². The Hall–Kier alpha value is -1.16. The summed E-state index contributed by atoms with van der Waals surface area (Å²) in [6.07, 6.45) is -0.378. The van der Waals surface area contributed by atoms with Gasteiger partial charge in [-0.15, -0.1) is 11.3 Å². The van der Waals surface area contributed by atoms with Gasteiger partial charge in [0.15, 0.2) is 0 Å². The molecule has 3 heteroatoms. The molecule has 3 N–H and O–H groups in total. The van der Waals surface area contributed by atoms with Gasteiger partial charge in [0.05, 0.1) is 4.88 Å². The van der Waals surface area contributed by atoms with Gasteiger partial charge < -0.3 is 10.4 Å². The Balaban J connectivity index is 1.81. The van der Waals surface area contributed by atoms with Crippen LogP contribution < -0.4 is 5.32 Å². The molecule has 0 aliphatic rings. The first-order valence-electron chi connectivity index (χ1n) is 5.85. The lowest BCUT2D eigenvalue weighted by Crippen LogP contribution is -2.83. The number of rotatable bonds is 5. The molecule has 0 saturated carbocycles. The van der Waals surface area contributed by atoms with Crippen molar-refractivity contribution in [3.63, 3.8) is 0 Å². The van der Waals surface area contributed by atoms with Crippen LogP contribution in [0.25, 0.3) is 0 Å². The van der Waals surface area contributed by atoms with E-state index < -0.39 is 0 Å². The van der Waals surface area contributed by atoms with Crippen molar-refractivity contribution >= 4 is 11.3 Å². The smallest absolute Gasteiger partial charge is 0.128 e. The number of hydrogen-bond acceptors (Lipinski definition) is 2. The molecule has 1 atom stereocenters. The van der Waals surface area contributed by atoms with Crippen LogP contribution in [-0.2, 0) is 6.54 Å². The number of benzene rings is 1. The fourth-order valence-corrected chi connectivity index (χ4v) is 2.70. The summed E-state index contributed by atoms with van der Waals surface area (Å²) in [5.74, 6) is 0. The third-order valence-electron chi connectivity index (χ3n) is 2.87. The summed E-state index contributed by atoms with van der Waals surface area (Å²) in [7, 11) is 0. The summed E-state index contributed by atoms with van der Waals surface area (Å²) < 4.78 is 0. The van der Waals surface area contributed by atoms with E-state index in [1.807, 2.05) is 30.3 Å². The third kappa shape index (κ3) is 3.40. The molecule has 0 aliphatic heterocycles. The molecule has 0 aliphatic carbocycles. The van der Waals surface area contributed by atoms with E-state index in [0.717, 1.165) is 12.1 Å². The van der Waals surface area contributed by atoms with E-state index in [4.69, 9.17) is 0 Å². The number of aliphatic hydroxyl groups excluding tert-OH is 1. The molecule has 0 fully saturated rings. The standard InChI is InChI=1S/C14H17NOS/c1-11-7-8-17-14(11)10-15-9-13(16)12-5-3-2-4-6-12/h2-8,13,15-16H,9-10H2,1H3/p+1/t13-/m1/s1. The summed E-state index contributed by atoms with van der Waals surface area (Å²) in [6.45, 7) is 3.79. The molecule has 90 valence electrons. The van der Waals surface area contributed by atoms with Crippen LogP contribution in [0.3, 0.4) is 0 Å². The second kappa shape index (κ2) is 5.96. The zero-order valence-corrected chi connectivity index (χ0v) is 10.8. The molecule has 2 rings (SSSR count). The van der Waals surface area contributed by atoms with Crippen LogP contribution in [0.15, 0.2) is 41.8 Å². The van der Waals surface area contributed by atoms with Gasteiger partial charge in [0.25, 0.3) is 0 Å². The molecule has 0 amide bonds. The van der Waals surface area contributed by atoms with Crippen molar-refractivity contribution in [2.75, 3.05) is 6.54 Å². The Labute approximate surface area is 106 Å². The first kappa shape index (κ1) is 12.3. The maximum atomic E-state index is 9.99. The van der Waals surface area contributed by atoms with E-state index in [9.17, 15) is 5.11 Å². The molecular formula is C14H18NOS+. The van der Waals surface area contributed by atoms with Crippen molar-refractivity contribution in [3.05, 3.63) is 57.8 Å². The van der Waals surface area contributed by atoms with Crippen molar-refractivity contribution in [2.24, 2.45) is 0 Å². The Bertz CT molecular complexity index is 452. The number of nitrogens with two attached hydrogens (primary N) is 1. The van der Waals surface area contributed by atoms with Gasteiger partial charge in [-0.1, -0.05) is 30.3 Å². The molecule has 17 heavy (non-hydrogen) atoms. The fraction of sp³-hybridized carbons (Fsp3) is 0.286. The second-order valence-corrected chi connectivity index (χ2v) is 5.18. The van der Waals surface area contributed by atoms with Gasteiger partial charge in [0, 0.05) is 0 Å². The van der Waals surface area contributed by atoms with E-state index in [-0.39, 0.29) is 6.10 Å². The van der Waals surface area contributed by atoms with E-state index in [1.165, 1.54) is 10.4 Å². The number of thiophene rings is 1. The van der Waals surface area contributed by atoms with Crippen molar-refractivity contribution in [3.8, 4) is 0 Å². The first-order valence-corrected chi connectivity index (χ1v) is 6.73. The average Bonchev–Trinajstić information content (AvgIpc) is 2.76. The first-order chi connectivity index (χ1) is 8.27. The van der Waals surface area contributed by atoms with Gasteiger partial charge in [-0.05, 0) is 29.5 Å². The topological polar surface area (TPSA) is 36.8 Å². The van der Waals surface area contributed by atoms with Gasteiger partial charge in [-0.25, -0.2) is 0 Å². The van der Waals surface area contributed by atoms with E-state index in [2.05, 4.69) is 23.7 Å². The van der Waals surface area contributed by atoms with Crippen LogP contribution in [0.1, 0.15) is 22.1 Å². The number of quaternary nitrogens is 1. The number of aliphatic hydroxyl groups is 1. The van der Waals surface area contributed by atoms with E-state index in [1.54, 1.807) is 11.3 Å². The molecule has 1 aromatic heterocycles. The quantitative estimate of drug-likeness (QED) is 0.832. The molecule has 0 bridgehead atoms. The van der Waals surface area contributed by atoms with Crippen LogP contribution in [0.2, 0.25) is 0 Å². The Kier molecular flexibility index (Phi) is 4.31. The minimum atomic E-state index is -0.378. The van der Waals surface area contributed by atoms with Gasteiger partial charge in [-0.3, -0.25) is 0 Å². The van der Waals surface area contributed by atoms with E-state index >= 15 is 0 Å². The molecule has 2 nitrogen and oxygen atoms in total. The highest BCUT2D eigenvalue weighted by molar-refractivity contribution is 7.10. The minimum Gasteiger partial charge on any atom is -0.382 e. The molecule has 1 heterocycles. The normalized spacial score (nSPS) is 12.6. The largest absolute Gasteiger partial charge is 0.382 e. The Morgan fingerprint density at radius 2 is 2.00 bits per heavy atom. The van der Waals surface area contributed by atoms with Crippen molar-refractivity contribution in [1.82, 2.24) is 0 Å². The van der Waals surface area contributed by atoms with Crippen LogP contribution >= 0.6 is 11.3 Å². The SMILES string of the molecule is Cc1ccsc1C[NH2+]C[C@@H](O)c1ccccc1. The van der Waals surface area contributed by atoms with Crippen LogP contribution in [0.4, 0.5) is 0 Å². The lowest BCUT2D eigenvalue weighted by atomic mass is 10.1. The summed E-state index contributed by atoms with van der Waals surface area (Å²) >= 11 is 1.78. The van der Waals surface area contributed by atoms with Crippen LogP contribution in [0.5, 0.6) is 0 Å². The second-order valence-electron chi connectivity index (χ2n) is 4.18. The molecular weight excluding hydrogens is 230 g/mol. The fourth-order valence-electron chi connectivity index (χ4n) is 1.80. The Morgan fingerprint density at radius 1 is 1.24 bits per heavy atom. The zero-order valence-electron chi connectivity index (χ0n) is 9.97. The number of hydrogen-bond donors (Lipinski definition) is 2. The van der Waals surface area contributed by atoms with Crippen LogP contribution in [-0.4, -0.2) is 11.7 Å². The van der Waals surface area contributed by atoms with E-state index in [0.29, 0.717) is 6.54 Å². The maximum absolute atomic E-state index is 9.99. The van der Waals surface area contributed by atoms with Gasteiger partial charge in [0.2, 0.25) is 0 Å². The summed E-state index contributed by atoms with van der Waals surface area (Å²) in [6, 6.07) is 12.0. The van der Waals surface area contributed by atoms with Gasteiger partial charge >= 0.3 is 0 Å².